The zero-order valence-electron chi connectivity index (χ0n) is 11.3. The number of nitrogens with zero attached hydrogens (tertiary/aromatic N) is 2. The molecular formula is C13H21N3O3. The van der Waals surface area contributed by atoms with E-state index in [4.69, 9.17) is 4.74 Å². The number of nitrogens with one attached hydrogen (secondary N) is 1. The topological polar surface area (TPSA) is 78.5 Å². The summed E-state index contributed by atoms with van der Waals surface area (Å²) in [5.74, 6) is 0.238. The molecule has 6 heteroatoms. The number of carboxylic acids is 1. The Morgan fingerprint density at radius 1 is 1.58 bits per heavy atom. The van der Waals surface area contributed by atoms with Crippen molar-refractivity contribution in [3.63, 3.8) is 0 Å². The minimum absolute atomic E-state index is 0.504. The zero-order chi connectivity index (χ0) is 13.7. The number of H-pyrrole nitrogens is 1. The van der Waals surface area contributed by atoms with Gasteiger partial charge in [-0.15, -0.1) is 0 Å². The van der Waals surface area contributed by atoms with Crippen molar-refractivity contribution < 1.29 is 14.6 Å². The molecule has 1 fully saturated rings. The van der Waals surface area contributed by atoms with Gasteiger partial charge in [-0.1, -0.05) is 0 Å². The molecule has 0 saturated carbocycles. The quantitative estimate of drug-likeness (QED) is 0.807. The Morgan fingerprint density at radius 2 is 2.32 bits per heavy atom. The highest BCUT2D eigenvalue weighted by atomic mass is 16.5. The third-order valence-electron chi connectivity index (χ3n) is 3.98. The average Bonchev–Trinajstić information content (AvgIpc) is 2.91. The summed E-state index contributed by atoms with van der Waals surface area (Å²) in [6.45, 7) is 2.84. The largest absolute Gasteiger partial charge is 0.481 e. The molecule has 1 aliphatic rings. The first-order valence-electron chi connectivity index (χ1n) is 6.59. The van der Waals surface area contributed by atoms with Gasteiger partial charge in [0.15, 0.2) is 0 Å². The molecule has 19 heavy (non-hydrogen) atoms. The number of hydrogen-bond acceptors (Lipinski definition) is 4. The fraction of sp³-hybridized carbons (Fsp3) is 0.692. The van der Waals surface area contributed by atoms with Crippen LogP contribution in [0.4, 0.5) is 0 Å². The molecule has 0 atom stereocenters. The summed E-state index contributed by atoms with van der Waals surface area (Å²) in [7, 11) is 1.61. The fourth-order valence-corrected chi connectivity index (χ4v) is 2.60. The maximum atomic E-state index is 11.5. The number of likely N-dealkylation sites (tertiary alicyclic amines) is 1. The van der Waals surface area contributed by atoms with Crippen molar-refractivity contribution in [1.29, 1.82) is 0 Å². The first-order chi connectivity index (χ1) is 9.16. The Balaban J connectivity index is 1.90. The predicted molar refractivity (Wildman–Crippen MR) is 69.7 cm³/mol. The van der Waals surface area contributed by atoms with Crippen LogP contribution in [0.5, 0.6) is 0 Å². The number of aromatic amines is 1. The number of rotatable bonds is 6. The van der Waals surface area contributed by atoms with Gasteiger partial charge in [-0.25, -0.2) is 4.98 Å². The van der Waals surface area contributed by atoms with Crippen LogP contribution in [0.1, 0.15) is 25.1 Å². The monoisotopic (exact) mass is 267 g/mol. The molecule has 0 amide bonds. The van der Waals surface area contributed by atoms with Crippen molar-refractivity contribution in [2.75, 3.05) is 26.8 Å². The minimum Gasteiger partial charge on any atom is -0.481 e. The third kappa shape index (κ3) is 3.33. The number of ether oxygens (including phenoxy) is 1. The normalized spacial score (nSPS) is 19.4. The molecule has 0 spiro atoms. The van der Waals surface area contributed by atoms with Gasteiger partial charge in [0, 0.05) is 26.1 Å². The van der Waals surface area contributed by atoms with Gasteiger partial charge in [0.2, 0.25) is 0 Å². The summed E-state index contributed by atoms with van der Waals surface area (Å²) in [4.78, 5) is 21.0. The molecular weight excluding hydrogens is 246 g/mol. The molecule has 6 nitrogen and oxygen atoms in total. The molecule has 1 aromatic heterocycles. The number of aliphatic carboxylic acids is 1. The van der Waals surface area contributed by atoms with Crippen LogP contribution in [-0.4, -0.2) is 52.7 Å². The van der Waals surface area contributed by atoms with Gasteiger partial charge in [0.25, 0.3) is 0 Å². The Hall–Kier alpha value is -1.40. The molecule has 2 heterocycles. The Labute approximate surface area is 112 Å². The van der Waals surface area contributed by atoms with E-state index < -0.39 is 11.4 Å². The van der Waals surface area contributed by atoms with E-state index in [1.165, 1.54) is 0 Å². The van der Waals surface area contributed by atoms with Crippen molar-refractivity contribution in [3.05, 3.63) is 18.2 Å². The van der Waals surface area contributed by atoms with Crippen molar-refractivity contribution in [1.82, 2.24) is 14.9 Å². The third-order valence-corrected chi connectivity index (χ3v) is 3.98. The first-order valence-corrected chi connectivity index (χ1v) is 6.59. The Morgan fingerprint density at radius 3 is 2.84 bits per heavy atom. The minimum atomic E-state index is -0.692. The van der Waals surface area contributed by atoms with Crippen LogP contribution in [0, 0.1) is 5.41 Å². The van der Waals surface area contributed by atoms with E-state index in [1.807, 2.05) is 0 Å². The van der Waals surface area contributed by atoms with E-state index in [1.54, 1.807) is 19.5 Å². The zero-order valence-corrected chi connectivity index (χ0v) is 11.3. The van der Waals surface area contributed by atoms with Gasteiger partial charge in [-0.3, -0.25) is 9.69 Å². The van der Waals surface area contributed by atoms with Gasteiger partial charge < -0.3 is 14.8 Å². The lowest BCUT2D eigenvalue weighted by Gasteiger charge is -2.38. The van der Waals surface area contributed by atoms with Gasteiger partial charge in [-0.05, 0) is 32.4 Å². The van der Waals surface area contributed by atoms with Crippen LogP contribution in [0.2, 0.25) is 0 Å². The fourth-order valence-electron chi connectivity index (χ4n) is 2.60. The van der Waals surface area contributed by atoms with E-state index >= 15 is 0 Å². The molecule has 2 rings (SSSR count). The number of carboxylic acid groups (broad SMARTS) is 1. The van der Waals surface area contributed by atoms with Crippen LogP contribution in [0.3, 0.4) is 0 Å². The number of methoxy groups -OCH3 is 1. The van der Waals surface area contributed by atoms with Crippen LogP contribution in [0.25, 0.3) is 0 Å². The molecule has 0 aromatic carbocycles. The first kappa shape index (κ1) is 14.0. The molecule has 2 N–H and O–H groups in total. The summed E-state index contributed by atoms with van der Waals surface area (Å²) in [5.41, 5.74) is -0.615. The van der Waals surface area contributed by atoms with Crippen LogP contribution in [0.15, 0.2) is 12.4 Å². The van der Waals surface area contributed by atoms with Gasteiger partial charge in [-0.2, -0.15) is 0 Å². The number of aromatic nitrogens is 2. The summed E-state index contributed by atoms with van der Waals surface area (Å²) in [5, 5.41) is 9.47. The summed E-state index contributed by atoms with van der Waals surface area (Å²) in [6, 6.07) is 0. The standard InChI is InChI=1S/C13H21N3O3/c1-19-9-4-13(12(17)18)2-7-16(8-3-13)10-11-14-5-6-15-11/h5-6H,2-4,7-10H2,1H3,(H,14,15)(H,17,18). The molecule has 0 radical (unpaired) electrons. The van der Waals surface area contributed by atoms with E-state index in [0.29, 0.717) is 25.9 Å². The van der Waals surface area contributed by atoms with Crippen LogP contribution in [-0.2, 0) is 16.1 Å². The van der Waals surface area contributed by atoms with Crippen LogP contribution >= 0.6 is 0 Å². The van der Waals surface area contributed by atoms with E-state index in [-0.39, 0.29) is 0 Å². The highest BCUT2D eigenvalue weighted by molar-refractivity contribution is 5.74. The number of imidazole rings is 1. The molecule has 1 saturated heterocycles. The smallest absolute Gasteiger partial charge is 0.309 e. The summed E-state index contributed by atoms with van der Waals surface area (Å²) in [6.07, 6.45) is 5.48. The second-order valence-corrected chi connectivity index (χ2v) is 5.14. The number of piperidine rings is 1. The van der Waals surface area contributed by atoms with Gasteiger partial charge in [0.05, 0.1) is 12.0 Å². The number of carbonyl (C=O) groups is 1. The maximum Gasteiger partial charge on any atom is 0.309 e. The Bertz CT molecular complexity index is 397. The lowest BCUT2D eigenvalue weighted by Crippen LogP contribution is -2.44. The van der Waals surface area contributed by atoms with Crippen molar-refractivity contribution in [2.24, 2.45) is 5.41 Å². The van der Waals surface area contributed by atoms with Crippen molar-refractivity contribution >= 4 is 5.97 Å². The summed E-state index contributed by atoms with van der Waals surface area (Å²) >= 11 is 0. The van der Waals surface area contributed by atoms with E-state index in [9.17, 15) is 9.90 Å². The molecule has 0 bridgehead atoms. The Kier molecular flexibility index (Phi) is 4.55. The summed E-state index contributed by atoms with van der Waals surface area (Å²) < 4.78 is 5.04. The average molecular weight is 267 g/mol. The SMILES string of the molecule is COCCC1(C(=O)O)CCN(Cc2ncc[nH]2)CC1. The lowest BCUT2D eigenvalue weighted by molar-refractivity contribution is -0.153. The van der Waals surface area contributed by atoms with Gasteiger partial charge in [0.1, 0.15) is 5.82 Å². The van der Waals surface area contributed by atoms with Crippen molar-refractivity contribution in [3.8, 4) is 0 Å². The predicted octanol–water partition coefficient (Wildman–Crippen LogP) is 1.11. The molecule has 1 aliphatic heterocycles. The van der Waals surface area contributed by atoms with E-state index in [2.05, 4.69) is 14.9 Å². The van der Waals surface area contributed by atoms with Crippen LogP contribution < -0.4 is 0 Å². The highest BCUT2D eigenvalue weighted by Crippen LogP contribution is 2.35. The second-order valence-electron chi connectivity index (χ2n) is 5.14. The molecule has 1 aromatic rings. The highest BCUT2D eigenvalue weighted by Gasteiger charge is 2.41. The second kappa shape index (κ2) is 6.16. The number of hydrogen-bond donors (Lipinski definition) is 2. The molecule has 0 aliphatic carbocycles. The van der Waals surface area contributed by atoms with Crippen molar-refractivity contribution in [2.45, 2.75) is 25.8 Å². The molecule has 106 valence electrons. The molecule has 0 unspecified atom stereocenters. The lowest BCUT2D eigenvalue weighted by atomic mass is 9.76. The van der Waals surface area contributed by atoms with Gasteiger partial charge >= 0.3 is 5.97 Å². The van der Waals surface area contributed by atoms with E-state index in [0.717, 1.165) is 25.5 Å². The maximum absolute atomic E-state index is 11.5.